The van der Waals surface area contributed by atoms with E-state index >= 15 is 0 Å². The Morgan fingerprint density at radius 1 is 1.17 bits per heavy atom. The van der Waals surface area contributed by atoms with E-state index in [-0.39, 0.29) is 11.9 Å². The van der Waals surface area contributed by atoms with Crippen molar-refractivity contribution in [3.05, 3.63) is 17.8 Å². The van der Waals surface area contributed by atoms with Crippen molar-refractivity contribution in [2.75, 3.05) is 28.4 Å². The van der Waals surface area contributed by atoms with Gasteiger partial charge in [-0.3, -0.25) is 4.79 Å². The lowest BCUT2D eigenvalue weighted by Gasteiger charge is -2.24. The lowest BCUT2D eigenvalue weighted by Crippen LogP contribution is -2.35. The first-order valence-electron chi connectivity index (χ1n) is 8.07. The van der Waals surface area contributed by atoms with Crippen LogP contribution in [0.25, 0.3) is 10.9 Å². The molecule has 1 aromatic carbocycles. The Balaban J connectivity index is 2.52. The van der Waals surface area contributed by atoms with Gasteiger partial charge in [0.2, 0.25) is 0 Å². The smallest absolute Gasteiger partial charge is 0.270 e. The highest BCUT2D eigenvalue weighted by Gasteiger charge is 2.22. The number of ether oxygens (including phenoxy) is 3. The fourth-order valence-corrected chi connectivity index (χ4v) is 2.85. The molecule has 1 atom stereocenters. The number of amides is 1. The molecule has 0 aliphatic carbocycles. The Labute approximate surface area is 142 Å². The Kier molecular flexibility index (Phi) is 5.59. The molecule has 2 rings (SSSR count). The number of carbonyl (C=O) groups is 1. The molecule has 0 aliphatic heterocycles. The zero-order valence-electron chi connectivity index (χ0n) is 15.2. The van der Waals surface area contributed by atoms with Crippen molar-refractivity contribution in [1.82, 2.24) is 9.88 Å². The lowest BCUT2D eigenvalue weighted by atomic mass is 10.1. The predicted molar refractivity (Wildman–Crippen MR) is 94.4 cm³/mol. The molecular weight excluding hydrogens is 308 g/mol. The van der Waals surface area contributed by atoms with Crippen LogP contribution in [-0.4, -0.2) is 50.2 Å². The number of fused-ring (bicyclic) bond motifs is 1. The van der Waals surface area contributed by atoms with Gasteiger partial charge in [-0.15, -0.1) is 0 Å². The number of methoxy groups -OCH3 is 3. The summed E-state index contributed by atoms with van der Waals surface area (Å²) in [4.78, 5) is 17.7. The number of aromatic amines is 1. The van der Waals surface area contributed by atoms with E-state index < -0.39 is 0 Å². The first kappa shape index (κ1) is 18.0. The molecule has 1 aromatic heterocycles. The minimum absolute atomic E-state index is 0.0600. The maximum absolute atomic E-state index is 12.8. The number of hydrogen-bond donors (Lipinski definition) is 1. The molecule has 1 amide bonds. The minimum Gasteiger partial charge on any atom is -0.496 e. The highest BCUT2D eigenvalue weighted by molar-refractivity contribution is 6.02. The van der Waals surface area contributed by atoms with E-state index in [4.69, 9.17) is 14.2 Å². The van der Waals surface area contributed by atoms with Gasteiger partial charge in [0, 0.05) is 24.5 Å². The molecule has 0 saturated carbocycles. The Hall–Kier alpha value is -2.37. The first-order chi connectivity index (χ1) is 11.5. The molecule has 0 spiro atoms. The fraction of sp³-hybridized carbons (Fsp3) is 0.500. The summed E-state index contributed by atoms with van der Waals surface area (Å²) >= 11 is 0. The van der Waals surface area contributed by atoms with Gasteiger partial charge in [-0.1, -0.05) is 13.3 Å². The van der Waals surface area contributed by atoms with Crippen molar-refractivity contribution in [3.8, 4) is 17.2 Å². The van der Waals surface area contributed by atoms with Crippen LogP contribution in [0.4, 0.5) is 0 Å². The summed E-state index contributed by atoms with van der Waals surface area (Å²) in [6.45, 7) is 4.16. The summed E-state index contributed by atoms with van der Waals surface area (Å²) in [6, 6.07) is 3.73. The van der Waals surface area contributed by atoms with Crippen molar-refractivity contribution in [2.24, 2.45) is 0 Å². The summed E-state index contributed by atoms with van der Waals surface area (Å²) in [5, 5.41) is 0.787. The molecule has 0 saturated heterocycles. The van der Waals surface area contributed by atoms with Crippen LogP contribution in [0.15, 0.2) is 12.1 Å². The third-order valence-electron chi connectivity index (χ3n) is 4.36. The van der Waals surface area contributed by atoms with Gasteiger partial charge in [0.15, 0.2) is 11.5 Å². The molecule has 0 aliphatic rings. The third kappa shape index (κ3) is 3.13. The number of rotatable bonds is 7. The van der Waals surface area contributed by atoms with E-state index in [0.29, 0.717) is 28.5 Å². The Bertz CT molecular complexity index is 723. The molecule has 6 nitrogen and oxygen atoms in total. The standard InChI is InChI=1S/C18H26N2O4/c1-7-8-11(2)20(3)18(21)13-9-12-14(22-4)10-15(23-5)17(24-6)16(12)19-13/h9-11,19H,7-8H2,1-6H3. The van der Waals surface area contributed by atoms with Crippen LogP contribution in [0.3, 0.4) is 0 Å². The number of hydrogen-bond acceptors (Lipinski definition) is 4. The number of H-pyrrole nitrogens is 1. The molecule has 24 heavy (non-hydrogen) atoms. The van der Waals surface area contributed by atoms with Crippen LogP contribution in [0.1, 0.15) is 37.2 Å². The molecule has 0 bridgehead atoms. The van der Waals surface area contributed by atoms with Crippen LogP contribution in [0, 0.1) is 0 Å². The van der Waals surface area contributed by atoms with Crippen LogP contribution in [-0.2, 0) is 0 Å². The van der Waals surface area contributed by atoms with Crippen molar-refractivity contribution in [3.63, 3.8) is 0 Å². The number of carbonyl (C=O) groups excluding carboxylic acids is 1. The zero-order valence-corrected chi connectivity index (χ0v) is 15.2. The average Bonchev–Trinajstić information content (AvgIpc) is 3.03. The SMILES string of the molecule is CCCC(C)N(C)C(=O)c1cc2c(OC)cc(OC)c(OC)c2[nH]1. The average molecular weight is 334 g/mol. The van der Waals surface area contributed by atoms with Gasteiger partial charge in [0.05, 0.1) is 26.8 Å². The van der Waals surface area contributed by atoms with E-state index in [1.54, 1.807) is 38.4 Å². The molecule has 132 valence electrons. The lowest BCUT2D eigenvalue weighted by molar-refractivity contribution is 0.0732. The quantitative estimate of drug-likeness (QED) is 0.842. The number of nitrogens with one attached hydrogen (secondary N) is 1. The number of aromatic nitrogens is 1. The Morgan fingerprint density at radius 3 is 2.38 bits per heavy atom. The summed E-state index contributed by atoms with van der Waals surface area (Å²) in [5.41, 5.74) is 1.19. The molecule has 6 heteroatoms. The largest absolute Gasteiger partial charge is 0.496 e. The van der Waals surface area contributed by atoms with Crippen LogP contribution in [0.2, 0.25) is 0 Å². The van der Waals surface area contributed by atoms with E-state index in [1.165, 1.54) is 0 Å². The second-order valence-corrected chi connectivity index (χ2v) is 5.84. The maximum atomic E-state index is 12.8. The summed E-state index contributed by atoms with van der Waals surface area (Å²) in [7, 11) is 6.55. The molecule has 1 heterocycles. The Morgan fingerprint density at radius 2 is 1.83 bits per heavy atom. The number of benzene rings is 1. The molecule has 0 radical (unpaired) electrons. The summed E-state index contributed by atoms with van der Waals surface area (Å²) in [6.07, 6.45) is 1.99. The molecule has 0 fully saturated rings. The van der Waals surface area contributed by atoms with Crippen molar-refractivity contribution in [1.29, 1.82) is 0 Å². The zero-order chi connectivity index (χ0) is 17.9. The maximum Gasteiger partial charge on any atom is 0.270 e. The van der Waals surface area contributed by atoms with Crippen LogP contribution in [0.5, 0.6) is 17.2 Å². The topological polar surface area (TPSA) is 63.8 Å². The molecule has 1 N–H and O–H groups in total. The second-order valence-electron chi connectivity index (χ2n) is 5.84. The predicted octanol–water partition coefficient (Wildman–Crippen LogP) is 3.45. The molecule has 1 unspecified atom stereocenters. The van der Waals surface area contributed by atoms with E-state index in [9.17, 15) is 4.79 Å². The second kappa shape index (κ2) is 7.47. The van der Waals surface area contributed by atoms with Crippen LogP contribution >= 0.6 is 0 Å². The van der Waals surface area contributed by atoms with E-state index in [0.717, 1.165) is 18.2 Å². The highest BCUT2D eigenvalue weighted by Crippen LogP contribution is 2.41. The van der Waals surface area contributed by atoms with E-state index in [1.807, 2.05) is 14.0 Å². The highest BCUT2D eigenvalue weighted by atomic mass is 16.5. The van der Waals surface area contributed by atoms with Gasteiger partial charge < -0.3 is 24.1 Å². The van der Waals surface area contributed by atoms with Gasteiger partial charge in [0.1, 0.15) is 11.4 Å². The van der Waals surface area contributed by atoms with Gasteiger partial charge in [0.25, 0.3) is 5.91 Å². The third-order valence-corrected chi connectivity index (χ3v) is 4.36. The van der Waals surface area contributed by atoms with Gasteiger partial charge in [-0.25, -0.2) is 0 Å². The molecular formula is C18H26N2O4. The summed E-state index contributed by atoms with van der Waals surface area (Å²) < 4.78 is 16.2. The fourth-order valence-electron chi connectivity index (χ4n) is 2.85. The van der Waals surface area contributed by atoms with Gasteiger partial charge >= 0.3 is 0 Å². The number of nitrogens with zero attached hydrogens (tertiary/aromatic N) is 1. The minimum atomic E-state index is -0.0600. The van der Waals surface area contributed by atoms with Crippen molar-refractivity contribution in [2.45, 2.75) is 32.7 Å². The normalized spacial score (nSPS) is 12.1. The van der Waals surface area contributed by atoms with Crippen LogP contribution < -0.4 is 14.2 Å². The van der Waals surface area contributed by atoms with E-state index in [2.05, 4.69) is 11.9 Å². The van der Waals surface area contributed by atoms with Gasteiger partial charge in [-0.2, -0.15) is 0 Å². The van der Waals surface area contributed by atoms with Crippen molar-refractivity contribution >= 4 is 16.8 Å². The van der Waals surface area contributed by atoms with Gasteiger partial charge in [-0.05, 0) is 19.4 Å². The molecule has 2 aromatic rings. The monoisotopic (exact) mass is 334 g/mol. The first-order valence-corrected chi connectivity index (χ1v) is 8.07. The van der Waals surface area contributed by atoms with Crippen molar-refractivity contribution < 1.29 is 19.0 Å². The summed E-state index contributed by atoms with van der Waals surface area (Å²) in [5.74, 6) is 1.67.